The number of ether oxygens (including phenoxy) is 2. The first-order chi connectivity index (χ1) is 9.10. The molecule has 102 valence electrons. The molecule has 0 saturated heterocycles. The van der Waals surface area contributed by atoms with Crippen LogP contribution in [0.3, 0.4) is 0 Å². The van der Waals surface area contributed by atoms with Crippen LogP contribution in [0.4, 0.5) is 0 Å². The summed E-state index contributed by atoms with van der Waals surface area (Å²) in [4.78, 5) is 11.3. The highest BCUT2D eigenvalue weighted by molar-refractivity contribution is 6.43. The lowest BCUT2D eigenvalue weighted by Crippen LogP contribution is -1.99. The van der Waals surface area contributed by atoms with Crippen molar-refractivity contribution in [2.75, 3.05) is 13.2 Å². The zero-order chi connectivity index (χ0) is 14.3. The maximum atomic E-state index is 11.3. The third-order valence-electron chi connectivity index (χ3n) is 2.12. The average molecular weight is 301 g/mol. The average Bonchev–Trinajstić information content (AvgIpc) is 2.39. The summed E-state index contributed by atoms with van der Waals surface area (Å²) >= 11 is 12.0. The summed E-state index contributed by atoms with van der Waals surface area (Å²) in [7, 11) is 0. The van der Waals surface area contributed by atoms with Crippen LogP contribution in [0, 0.1) is 0 Å². The fourth-order valence-corrected chi connectivity index (χ4v) is 1.70. The molecule has 0 amide bonds. The summed E-state index contributed by atoms with van der Waals surface area (Å²) in [5, 5.41) is 0.708. The molecule has 0 aliphatic heterocycles. The molecule has 0 aliphatic rings. The molecule has 0 aromatic heterocycles. The van der Waals surface area contributed by atoms with E-state index in [0.717, 1.165) is 0 Å². The first-order valence-corrected chi connectivity index (χ1v) is 6.42. The molecule has 1 rings (SSSR count). The largest absolute Gasteiger partial charge is 0.489 e. The highest BCUT2D eigenvalue weighted by Crippen LogP contribution is 2.34. The molecule has 3 nitrogen and oxygen atoms in total. The molecule has 0 saturated carbocycles. The number of hydrogen-bond donors (Lipinski definition) is 0. The molecule has 0 atom stereocenters. The third kappa shape index (κ3) is 4.62. The SMILES string of the molecule is C=CCOc1ccc(Cl)c(Cl)c1/C=C/C(=O)OCC. The summed E-state index contributed by atoms with van der Waals surface area (Å²) in [6.07, 6.45) is 4.41. The van der Waals surface area contributed by atoms with Crippen molar-refractivity contribution >= 4 is 35.2 Å². The van der Waals surface area contributed by atoms with Gasteiger partial charge in [0.05, 0.1) is 16.7 Å². The molecule has 0 aliphatic carbocycles. The molecule has 19 heavy (non-hydrogen) atoms. The van der Waals surface area contributed by atoms with Crippen LogP contribution >= 0.6 is 23.2 Å². The van der Waals surface area contributed by atoms with Crippen molar-refractivity contribution in [1.82, 2.24) is 0 Å². The van der Waals surface area contributed by atoms with Gasteiger partial charge in [-0.3, -0.25) is 0 Å². The monoisotopic (exact) mass is 300 g/mol. The second kappa shape index (κ2) is 7.87. The molecule has 0 spiro atoms. The Labute approximate surface area is 122 Å². The predicted molar refractivity (Wildman–Crippen MR) is 77.8 cm³/mol. The Kier molecular flexibility index (Phi) is 6.46. The van der Waals surface area contributed by atoms with Gasteiger partial charge in [-0.25, -0.2) is 4.79 Å². The van der Waals surface area contributed by atoms with Gasteiger partial charge in [-0.1, -0.05) is 35.9 Å². The van der Waals surface area contributed by atoms with Crippen molar-refractivity contribution < 1.29 is 14.3 Å². The lowest BCUT2D eigenvalue weighted by molar-refractivity contribution is -0.137. The fourth-order valence-electron chi connectivity index (χ4n) is 1.32. The minimum atomic E-state index is -0.451. The third-order valence-corrected chi connectivity index (χ3v) is 2.94. The van der Waals surface area contributed by atoms with Crippen molar-refractivity contribution in [2.24, 2.45) is 0 Å². The summed E-state index contributed by atoms with van der Waals surface area (Å²) in [6.45, 7) is 5.94. The molecular formula is C14H14Cl2O3. The van der Waals surface area contributed by atoms with E-state index in [0.29, 0.717) is 34.6 Å². The van der Waals surface area contributed by atoms with Gasteiger partial charge in [0, 0.05) is 11.6 Å². The van der Waals surface area contributed by atoms with Crippen molar-refractivity contribution in [3.05, 3.63) is 46.5 Å². The molecule has 0 bridgehead atoms. The van der Waals surface area contributed by atoms with Gasteiger partial charge >= 0.3 is 5.97 Å². The molecule has 0 unspecified atom stereocenters. The molecule has 1 aromatic rings. The van der Waals surface area contributed by atoms with Crippen molar-refractivity contribution in [2.45, 2.75) is 6.92 Å². The number of carbonyl (C=O) groups is 1. The van der Waals surface area contributed by atoms with Gasteiger partial charge in [0.25, 0.3) is 0 Å². The van der Waals surface area contributed by atoms with E-state index in [1.54, 1.807) is 25.1 Å². The second-order valence-corrected chi connectivity index (χ2v) is 4.24. The Balaban J connectivity index is 3.04. The second-order valence-electron chi connectivity index (χ2n) is 3.46. The minimum Gasteiger partial charge on any atom is -0.489 e. The number of halogens is 2. The highest BCUT2D eigenvalue weighted by Gasteiger charge is 2.10. The number of rotatable bonds is 6. The molecule has 0 radical (unpaired) electrons. The molecule has 0 N–H and O–H groups in total. The Morgan fingerprint density at radius 2 is 2.16 bits per heavy atom. The van der Waals surface area contributed by atoms with E-state index in [4.69, 9.17) is 32.7 Å². The van der Waals surface area contributed by atoms with E-state index >= 15 is 0 Å². The standard InChI is InChI=1S/C14H14Cl2O3/c1-3-9-19-12-7-6-11(15)14(16)10(12)5-8-13(17)18-4-2/h3,5-8H,1,4,9H2,2H3/b8-5+. The van der Waals surface area contributed by atoms with Gasteiger partial charge in [-0.15, -0.1) is 0 Å². The molecule has 0 fully saturated rings. The van der Waals surface area contributed by atoms with E-state index in [9.17, 15) is 4.79 Å². The van der Waals surface area contributed by atoms with Gasteiger partial charge < -0.3 is 9.47 Å². The quantitative estimate of drug-likeness (QED) is 0.450. The van der Waals surface area contributed by atoms with Crippen LogP contribution in [0.25, 0.3) is 6.08 Å². The Hall–Kier alpha value is -1.45. The van der Waals surface area contributed by atoms with Gasteiger partial charge in [-0.05, 0) is 25.1 Å². The van der Waals surface area contributed by atoms with Crippen LogP contribution in [-0.4, -0.2) is 19.2 Å². The van der Waals surface area contributed by atoms with Crippen molar-refractivity contribution in [1.29, 1.82) is 0 Å². The minimum absolute atomic E-state index is 0.312. The zero-order valence-electron chi connectivity index (χ0n) is 10.5. The van der Waals surface area contributed by atoms with Crippen LogP contribution in [0.15, 0.2) is 30.9 Å². The smallest absolute Gasteiger partial charge is 0.330 e. The normalized spacial score (nSPS) is 10.5. The van der Waals surface area contributed by atoms with E-state index in [-0.39, 0.29) is 0 Å². The number of benzene rings is 1. The summed E-state index contributed by atoms with van der Waals surface area (Å²) in [5.74, 6) is 0.0723. The molecular weight excluding hydrogens is 287 g/mol. The maximum Gasteiger partial charge on any atom is 0.330 e. The Morgan fingerprint density at radius 3 is 2.79 bits per heavy atom. The first-order valence-electron chi connectivity index (χ1n) is 5.66. The van der Waals surface area contributed by atoms with E-state index in [1.165, 1.54) is 12.2 Å². The number of hydrogen-bond acceptors (Lipinski definition) is 3. The Bertz CT molecular complexity index is 496. The van der Waals surface area contributed by atoms with E-state index < -0.39 is 5.97 Å². The van der Waals surface area contributed by atoms with Crippen molar-refractivity contribution in [3.63, 3.8) is 0 Å². The van der Waals surface area contributed by atoms with E-state index in [2.05, 4.69) is 6.58 Å². The predicted octanol–water partition coefficient (Wildman–Crippen LogP) is 4.13. The van der Waals surface area contributed by atoms with Crippen LogP contribution in [0.2, 0.25) is 10.0 Å². The zero-order valence-corrected chi connectivity index (χ0v) is 12.0. The molecule has 0 heterocycles. The summed E-state index contributed by atoms with van der Waals surface area (Å²) in [6, 6.07) is 3.31. The topological polar surface area (TPSA) is 35.5 Å². The fraction of sp³-hybridized carbons (Fsp3) is 0.214. The number of esters is 1. The highest BCUT2D eigenvalue weighted by atomic mass is 35.5. The summed E-state index contributed by atoms with van der Waals surface area (Å²) < 4.78 is 10.2. The van der Waals surface area contributed by atoms with Gasteiger partial charge in [0.2, 0.25) is 0 Å². The molecule has 1 aromatic carbocycles. The van der Waals surface area contributed by atoms with Crippen LogP contribution in [-0.2, 0) is 9.53 Å². The number of carbonyl (C=O) groups excluding carboxylic acids is 1. The lowest BCUT2D eigenvalue weighted by Gasteiger charge is -2.10. The lowest BCUT2D eigenvalue weighted by atomic mass is 10.2. The van der Waals surface area contributed by atoms with Gasteiger partial charge in [0.1, 0.15) is 12.4 Å². The van der Waals surface area contributed by atoms with Crippen LogP contribution < -0.4 is 4.74 Å². The Morgan fingerprint density at radius 1 is 1.42 bits per heavy atom. The first kappa shape index (κ1) is 15.6. The summed E-state index contributed by atoms with van der Waals surface area (Å²) in [5.41, 5.74) is 0.532. The molecule has 5 heteroatoms. The van der Waals surface area contributed by atoms with Crippen LogP contribution in [0.1, 0.15) is 12.5 Å². The van der Waals surface area contributed by atoms with E-state index in [1.807, 2.05) is 0 Å². The van der Waals surface area contributed by atoms with Crippen molar-refractivity contribution in [3.8, 4) is 5.75 Å². The van der Waals surface area contributed by atoms with Gasteiger partial charge in [-0.2, -0.15) is 0 Å². The van der Waals surface area contributed by atoms with Crippen LogP contribution in [0.5, 0.6) is 5.75 Å². The maximum absolute atomic E-state index is 11.3. The van der Waals surface area contributed by atoms with Gasteiger partial charge in [0.15, 0.2) is 0 Å².